The van der Waals surface area contributed by atoms with E-state index in [1.54, 1.807) is 25.1 Å². The normalized spacial score (nSPS) is 9.56. The number of hydrogen-bond acceptors (Lipinski definition) is 4. The summed E-state index contributed by atoms with van der Waals surface area (Å²) in [6.07, 6.45) is 0.558. The van der Waals surface area contributed by atoms with Gasteiger partial charge in [-0.2, -0.15) is 0 Å². The second-order valence-corrected chi connectivity index (χ2v) is 3.10. The van der Waals surface area contributed by atoms with Crippen molar-refractivity contribution >= 4 is 12.4 Å². The average Bonchev–Trinajstić information content (AvgIpc) is 2.30. The highest BCUT2D eigenvalue weighted by Crippen LogP contribution is 2.07. The van der Waals surface area contributed by atoms with Gasteiger partial charge in [-0.15, -0.1) is 0 Å². The van der Waals surface area contributed by atoms with Crippen molar-refractivity contribution in [3.63, 3.8) is 0 Å². The van der Waals surface area contributed by atoms with Crippen molar-refractivity contribution in [2.75, 3.05) is 13.2 Å². The van der Waals surface area contributed by atoms with Gasteiger partial charge in [0.15, 0.2) is 0 Å². The average molecular weight is 221 g/mol. The lowest BCUT2D eigenvalue weighted by Gasteiger charge is -2.04. The molecule has 0 aliphatic carbocycles. The van der Waals surface area contributed by atoms with E-state index < -0.39 is 0 Å². The zero-order valence-electron chi connectivity index (χ0n) is 9.06. The zero-order valence-corrected chi connectivity index (χ0v) is 9.06. The molecule has 0 spiro atoms. The van der Waals surface area contributed by atoms with E-state index in [-0.39, 0.29) is 12.6 Å². The fraction of sp³-hybridized carbons (Fsp3) is 0.333. The molecule has 0 aliphatic heterocycles. The third-order valence-corrected chi connectivity index (χ3v) is 1.99. The van der Waals surface area contributed by atoms with Crippen LogP contribution in [0.2, 0.25) is 0 Å². The van der Waals surface area contributed by atoms with Crippen LogP contribution in [-0.2, 0) is 20.7 Å². The lowest BCUT2D eigenvalue weighted by Crippen LogP contribution is -2.05. The van der Waals surface area contributed by atoms with E-state index in [4.69, 9.17) is 4.74 Å². The molecule has 85 valence electrons. The number of ether oxygens (including phenoxy) is 2. The van der Waals surface area contributed by atoms with E-state index in [1.807, 2.05) is 6.07 Å². The van der Waals surface area contributed by atoms with Gasteiger partial charge >= 0.3 is 12.4 Å². The first-order valence-electron chi connectivity index (χ1n) is 5.03. The predicted molar refractivity (Wildman–Crippen MR) is 57.7 cm³/mol. The standard InChI is InChI=1S/C12H13O4/c1-2-16-12(14)11-5-3-4-10(8-11)6-7-15-9-13/h3-5,8H,2,6-7H2,1H3. The Morgan fingerprint density at radius 2 is 2.25 bits per heavy atom. The Hall–Kier alpha value is -1.84. The molecule has 0 bridgehead atoms. The fourth-order valence-electron chi connectivity index (χ4n) is 1.28. The van der Waals surface area contributed by atoms with Gasteiger partial charge in [0.05, 0.1) is 18.8 Å². The molecule has 0 atom stereocenters. The van der Waals surface area contributed by atoms with Crippen LogP contribution in [0.4, 0.5) is 0 Å². The van der Waals surface area contributed by atoms with Gasteiger partial charge in [0.2, 0.25) is 0 Å². The molecule has 1 aromatic carbocycles. The van der Waals surface area contributed by atoms with Crippen LogP contribution in [0.1, 0.15) is 22.8 Å². The molecule has 1 radical (unpaired) electrons. The smallest absolute Gasteiger partial charge is 0.417 e. The van der Waals surface area contributed by atoms with Gasteiger partial charge in [0.1, 0.15) is 0 Å². The lowest BCUT2D eigenvalue weighted by atomic mass is 10.1. The van der Waals surface area contributed by atoms with Crippen LogP contribution in [0.3, 0.4) is 0 Å². The van der Waals surface area contributed by atoms with Crippen molar-refractivity contribution in [1.29, 1.82) is 0 Å². The zero-order chi connectivity index (χ0) is 11.8. The van der Waals surface area contributed by atoms with Crippen molar-refractivity contribution in [1.82, 2.24) is 0 Å². The van der Waals surface area contributed by atoms with E-state index in [0.29, 0.717) is 18.6 Å². The first-order chi connectivity index (χ1) is 7.77. The summed E-state index contributed by atoms with van der Waals surface area (Å²) in [7, 11) is 0. The highest BCUT2D eigenvalue weighted by molar-refractivity contribution is 5.89. The summed E-state index contributed by atoms with van der Waals surface area (Å²) in [5, 5.41) is 0. The molecule has 0 aromatic heterocycles. The summed E-state index contributed by atoms with van der Waals surface area (Å²) in [5.41, 5.74) is 1.43. The van der Waals surface area contributed by atoms with Crippen molar-refractivity contribution in [2.24, 2.45) is 0 Å². The highest BCUT2D eigenvalue weighted by atomic mass is 16.5. The van der Waals surface area contributed by atoms with Gasteiger partial charge in [-0.25, -0.2) is 9.59 Å². The van der Waals surface area contributed by atoms with Crippen LogP contribution >= 0.6 is 0 Å². The SMILES string of the molecule is CCOC(=O)c1cccc(CCO[C]=O)c1. The quantitative estimate of drug-likeness (QED) is 0.539. The number of rotatable bonds is 6. The molecule has 0 unspecified atom stereocenters. The first kappa shape index (κ1) is 12.2. The predicted octanol–water partition coefficient (Wildman–Crippen LogP) is 1.49. The molecule has 0 amide bonds. The third kappa shape index (κ3) is 3.73. The Kier molecular flexibility index (Phi) is 5.05. The molecule has 1 aromatic rings. The van der Waals surface area contributed by atoms with Gasteiger partial charge in [0.25, 0.3) is 0 Å². The monoisotopic (exact) mass is 221 g/mol. The summed E-state index contributed by atoms with van der Waals surface area (Å²) >= 11 is 0. The molecule has 0 aliphatic rings. The number of carbonyl (C=O) groups excluding carboxylic acids is 2. The van der Waals surface area contributed by atoms with Gasteiger partial charge in [-0.1, -0.05) is 12.1 Å². The lowest BCUT2D eigenvalue weighted by molar-refractivity contribution is 0.0526. The second-order valence-electron chi connectivity index (χ2n) is 3.10. The fourth-order valence-corrected chi connectivity index (χ4v) is 1.28. The molecular weight excluding hydrogens is 208 g/mol. The van der Waals surface area contributed by atoms with Crippen LogP contribution in [-0.4, -0.2) is 25.7 Å². The summed E-state index contributed by atoms with van der Waals surface area (Å²) < 4.78 is 9.34. The van der Waals surface area contributed by atoms with Crippen LogP contribution < -0.4 is 0 Å². The molecule has 0 saturated carbocycles. The summed E-state index contributed by atoms with van der Waals surface area (Å²) in [5.74, 6) is -0.341. The molecule has 1 rings (SSSR count). The second kappa shape index (κ2) is 6.61. The number of benzene rings is 1. The maximum atomic E-state index is 11.4. The minimum absolute atomic E-state index is 0.260. The van der Waals surface area contributed by atoms with E-state index >= 15 is 0 Å². The molecule has 0 N–H and O–H groups in total. The maximum absolute atomic E-state index is 11.4. The van der Waals surface area contributed by atoms with E-state index in [0.717, 1.165) is 5.56 Å². The maximum Gasteiger partial charge on any atom is 0.417 e. The van der Waals surface area contributed by atoms with E-state index in [1.165, 1.54) is 6.47 Å². The van der Waals surface area contributed by atoms with Crippen LogP contribution in [0.5, 0.6) is 0 Å². The van der Waals surface area contributed by atoms with Crippen LogP contribution in [0, 0.1) is 0 Å². The highest BCUT2D eigenvalue weighted by Gasteiger charge is 2.06. The van der Waals surface area contributed by atoms with Gasteiger partial charge < -0.3 is 9.47 Å². The van der Waals surface area contributed by atoms with Gasteiger partial charge in [0, 0.05) is 6.42 Å². The van der Waals surface area contributed by atoms with E-state index in [2.05, 4.69) is 4.74 Å². The Labute approximate surface area is 94.2 Å². The van der Waals surface area contributed by atoms with Crippen LogP contribution in [0.15, 0.2) is 24.3 Å². The minimum Gasteiger partial charge on any atom is -0.462 e. The first-order valence-corrected chi connectivity index (χ1v) is 5.03. The minimum atomic E-state index is -0.341. The number of carbonyl (C=O) groups is 1. The largest absolute Gasteiger partial charge is 0.462 e. The molecule has 16 heavy (non-hydrogen) atoms. The molecule has 0 fully saturated rings. The Morgan fingerprint density at radius 3 is 2.94 bits per heavy atom. The van der Waals surface area contributed by atoms with Crippen molar-refractivity contribution in [2.45, 2.75) is 13.3 Å². The van der Waals surface area contributed by atoms with Crippen LogP contribution in [0.25, 0.3) is 0 Å². The Balaban J connectivity index is 2.63. The number of esters is 1. The molecule has 0 saturated heterocycles. The van der Waals surface area contributed by atoms with Crippen molar-refractivity contribution < 1.29 is 19.1 Å². The number of hydrogen-bond donors (Lipinski definition) is 0. The summed E-state index contributed by atoms with van der Waals surface area (Å²) in [6, 6.07) is 7.05. The van der Waals surface area contributed by atoms with E-state index in [9.17, 15) is 9.59 Å². The topological polar surface area (TPSA) is 52.6 Å². The molecule has 4 heteroatoms. The van der Waals surface area contributed by atoms with Crippen molar-refractivity contribution in [3.05, 3.63) is 35.4 Å². The van der Waals surface area contributed by atoms with Gasteiger partial charge in [-0.3, -0.25) is 0 Å². The molecule has 0 heterocycles. The third-order valence-electron chi connectivity index (χ3n) is 1.99. The Bertz CT molecular complexity index is 360. The summed E-state index contributed by atoms with van der Waals surface area (Å²) in [6.45, 7) is 3.73. The van der Waals surface area contributed by atoms with Gasteiger partial charge in [-0.05, 0) is 24.6 Å². The Morgan fingerprint density at radius 1 is 1.44 bits per heavy atom. The van der Waals surface area contributed by atoms with Crippen molar-refractivity contribution in [3.8, 4) is 0 Å². The summed E-state index contributed by atoms with van der Waals surface area (Å²) in [4.78, 5) is 21.2. The molecular formula is C12H13O4. The molecule has 4 nitrogen and oxygen atoms in total.